The maximum Gasteiger partial charge on any atom is 0.274 e. The van der Waals surface area contributed by atoms with Gasteiger partial charge in [-0.3, -0.25) is 0 Å². The molecule has 0 spiro atoms. The molecule has 7 nitrogen and oxygen atoms in total. The van der Waals surface area contributed by atoms with Gasteiger partial charge in [0, 0.05) is 26.7 Å². The van der Waals surface area contributed by atoms with E-state index in [4.69, 9.17) is 9.15 Å². The Morgan fingerprint density at radius 1 is 1.30 bits per heavy atom. The van der Waals surface area contributed by atoms with Gasteiger partial charge in [-0.25, -0.2) is 13.1 Å². The van der Waals surface area contributed by atoms with E-state index < -0.39 is 10.0 Å². The zero-order valence-corrected chi connectivity index (χ0v) is 13.0. The van der Waals surface area contributed by atoms with E-state index in [0.717, 1.165) is 0 Å². The number of rotatable bonds is 10. The highest BCUT2D eigenvalue weighted by Gasteiger charge is 2.18. The van der Waals surface area contributed by atoms with Crippen LogP contribution in [-0.2, 0) is 21.3 Å². The third-order valence-electron chi connectivity index (χ3n) is 2.54. The van der Waals surface area contributed by atoms with Crippen LogP contribution in [-0.4, -0.2) is 60.8 Å². The molecule has 0 fully saturated rings. The maximum absolute atomic E-state index is 11.9. The van der Waals surface area contributed by atoms with E-state index in [0.29, 0.717) is 38.5 Å². The van der Waals surface area contributed by atoms with Gasteiger partial charge in [-0.1, -0.05) is 0 Å². The lowest BCUT2D eigenvalue weighted by molar-refractivity contribution is 0.198. The number of nitrogens with zero attached hydrogens (tertiary/aromatic N) is 1. The minimum Gasteiger partial charge on any atom is -0.447 e. The minimum atomic E-state index is -3.57. The molecule has 1 aromatic rings. The molecule has 0 unspecified atom stereocenters. The van der Waals surface area contributed by atoms with E-state index in [1.807, 2.05) is 19.0 Å². The van der Waals surface area contributed by atoms with Gasteiger partial charge in [-0.05, 0) is 26.2 Å². The summed E-state index contributed by atoms with van der Waals surface area (Å²) in [5, 5.41) is 3.03. The highest BCUT2D eigenvalue weighted by Crippen LogP contribution is 2.13. The Balaban J connectivity index is 2.48. The van der Waals surface area contributed by atoms with Gasteiger partial charge in [0.1, 0.15) is 5.76 Å². The average molecular weight is 305 g/mol. The SMILES string of the molecule is COCCNCc1ccc(S(=O)(=O)NCCN(C)C)o1. The quantitative estimate of drug-likeness (QED) is 0.585. The predicted octanol–water partition coefficient (Wildman–Crippen LogP) is -0.144. The van der Waals surface area contributed by atoms with Crippen molar-refractivity contribution in [2.75, 3.05) is 47.4 Å². The second-order valence-corrected chi connectivity index (χ2v) is 6.29. The lowest BCUT2D eigenvalue weighted by atomic mass is 10.4. The fourth-order valence-corrected chi connectivity index (χ4v) is 2.42. The molecule has 0 saturated carbocycles. The van der Waals surface area contributed by atoms with Crippen LogP contribution >= 0.6 is 0 Å². The molecule has 116 valence electrons. The van der Waals surface area contributed by atoms with Gasteiger partial charge >= 0.3 is 0 Å². The zero-order chi connectivity index (χ0) is 15.0. The molecule has 0 aliphatic rings. The Hall–Kier alpha value is -0.930. The molecule has 0 aromatic carbocycles. The summed E-state index contributed by atoms with van der Waals surface area (Å²) in [5.41, 5.74) is 0. The van der Waals surface area contributed by atoms with Gasteiger partial charge in [0.2, 0.25) is 5.09 Å². The number of furan rings is 1. The van der Waals surface area contributed by atoms with Crippen molar-refractivity contribution in [3.63, 3.8) is 0 Å². The largest absolute Gasteiger partial charge is 0.447 e. The monoisotopic (exact) mass is 305 g/mol. The summed E-state index contributed by atoms with van der Waals surface area (Å²) in [6, 6.07) is 3.12. The number of likely N-dealkylation sites (N-methyl/N-ethyl adjacent to an activating group) is 1. The standard InChI is InChI=1S/C12H23N3O4S/c1-15(2)8-6-14-20(16,17)12-5-4-11(19-12)10-13-7-9-18-3/h4-5,13-14H,6-10H2,1-3H3. The molecular weight excluding hydrogens is 282 g/mol. The predicted molar refractivity (Wildman–Crippen MR) is 76.0 cm³/mol. The van der Waals surface area contributed by atoms with E-state index in [9.17, 15) is 8.42 Å². The number of hydrogen-bond donors (Lipinski definition) is 2. The normalized spacial score (nSPS) is 12.2. The molecule has 2 N–H and O–H groups in total. The highest BCUT2D eigenvalue weighted by atomic mass is 32.2. The minimum absolute atomic E-state index is 0.0557. The van der Waals surface area contributed by atoms with E-state index in [2.05, 4.69) is 10.0 Å². The molecule has 0 radical (unpaired) electrons. The van der Waals surface area contributed by atoms with Crippen LogP contribution in [0.1, 0.15) is 5.76 Å². The van der Waals surface area contributed by atoms with Gasteiger partial charge in [0.25, 0.3) is 10.0 Å². The first-order chi connectivity index (χ1) is 9.45. The third-order valence-corrected chi connectivity index (χ3v) is 3.87. The number of ether oxygens (including phenoxy) is 1. The first-order valence-electron chi connectivity index (χ1n) is 6.38. The van der Waals surface area contributed by atoms with Gasteiger partial charge < -0.3 is 19.4 Å². The van der Waals surface area contributed by atoms with E-state index in [1.54, 1.807) is 13.2 Å². The Morgan fingerprint density at radius 3 is 2.70 bits per heavy atom. The summed E-state index contributed by atoms with van der Waals surface area (Å²) in [6.45, 7) is 2.72. The molecule has 8 heteroatoms. The lowest BCUT2D eigenvalue weighted by Gasteiger charge is -2.09. The van der Waals surface area contributed by atoms with Crippen LogP contribution in [0.2, 0.25) is 0 Å². The lowest BCUT2D eigenvalue weighted by Crippen LogP contribution is -2.31. The van der Waals surface area contributed by atoms with E-state index in [-0.39, 0.29) is 5.09 Å². The van der Waals surface area contributed by atoms with Crippen molar-refractivity contribution in [1.29, 1.82) is 0 Å². The molecule has 0 aliphatic heterocycles. The highest BCUT2D eigenvalue weighted by molar-refractivity contribution is 7.89. The maximum atomic E-state index is 11.9. The van der Waals surface area contributed by atoms with Crippen LogP contribution < -0.4 is 10.0 Å². The van der Waals surface area contributed by atoms with Crippen LogP contribution in [0.5, 0.6) is 0 Å². The number of nitrogens with one attached hydrogen (secondary N) is 2. The molecule has 20 heavy (non-hydrogen) atoms. The zero-order valence-electron chi connectivity index (χ0n) is 12.2. The van der Waals surface area contributed by atoms with Crippen LogP contribution in [0.3, 0.4) is 0 Å². The van der Waals surface area contributed by atoms with Crippen molar-refractivity contribution in [3.05, 3.63) is 17.9 Å². The fourth-order valence-electron chi connectivity index (χ4n) is 1.46. The van der Waals surface area contributed by atoms with Crippen LogP contribution in [0.4, 0.5) is 0 Å². The van der Waals surface area contributed by atoms with Crippen LogP contribution in [0, 0.1) is 0 Å². The van der Waals surface area contributed by atoms with Crippen molar-refractivity contribution < 1.29 is 17.6 Å². The topological polar surface area (TPSA) is 83.8 Å². The molecule has 0 atom stereocenters. The molecule has 1 rings (SSSR count). The van der Waals surface area contributed by atoms with Crippen molar-refractivity contribution >= 4 is 10.0 Å². The number of methoxy groups -OCH3 is 1. The molecule has 0 saturated heterocycles. The number of hydrogen-bond acceptors (Lipinski definition) is 6. The Kier molecular flexibility index (Phi) is 7.17. The van der Waals surface area contributed by atoms with Crippen molar-refractivity contribution in [2.24, 2.45) is 0 Å². The Bertz CT molecular complexity index is 485. The summed E-state index contributed by atoms with van der Waals surface area (Å²) in [7, 11) is 1.82. The van der Waals surface area contributed by atoms with Crippen LogP contribution in [0.25, 0.3) is 0 Å². The van der Waals surface area contributed by atoms with E-state index in [1.165, 1.54) is 6.07 Å². The molecule has 0 bridgehead atoms. The Morgan fingerprint density at radius 2 is 2.05 bits per heavy atom. The van der Waals surface area contributed by atoms with Gasteiger partial charge in [-0.15, -0.1) is 0 Å². The second kappa shape index (κ2) is 8.38. The molecular formula is C12H23N3O4S. The molecule has 0 aliphatic carbocycles. The van der Waals surface area contributed by atoms with Gasteiger partial charge in [0.15, 0.2) is 0 Å². The van der Waals surface area contributed by atoms with Crippen LogP contribution in [0.15, 0.2) is 21.6 Å². The fraction of sp³-hybridized carbons (Fsp3) is 0.667. The van der Waals surface area contributed by atoms with E-state index >= 15 is 0 Å². The molecule has 0 amide bonds. The van der Waals surface area contributed by atoms with Crippen molar-refractivity contribution in [1.82, 2.24) is 14.9 Å². The molecule has 1 aromatic heterocycles. The number of sulfonamides is 1. The third kappa shape index (κ3) is 6.02. The summed E-state index contributed by atoms with van der Waals surface area (Å²) in [4.78, 5) is 1.90. The first kappa shape index (κ1) is 17.1. The summed E-state index contributed by atoms with van der Waals surface area (Å²) < 4.78 is 36.6. The van der Waals surface area contributed by atoms with Gasteiger partial charge in [-0.2, -0.15) is 0 Å². The first-order valence-corrected chi connectivity index (χ1v) is 7.87. The summed E-state index contributed by atoms with van der Waals surface area (Å²) >= 11 is 0. The van der Waals surface area contributed by atoms with Crippen molar-refractivity contribution in [3.8, 4) is 0 Å². The average Bonchev–Trinajstić information content (AvgIpc) is 2.83. The smallest absolute Gasteiger partial charge is 0.274 e. The van der Waals surface area contributed by atoms with Crippen molar-refractivity contribution in [2.45, 2.75) is 11.6 Å². The van der Waals surface area contributed by atoms with Gasteiger partial charge in [0.05, 0.1) is 13.2 Å². The Labute approximate surface area is 120 Å². The molecule has 1 heterocycles. The summed E-state index contributed by atoms with van der Waals surface area (Å²) in [5.74, 6) is 0.578. The second-order valence-electron chi connectivity index (χ2n) is 4.59. The summed E-state index contributed by atoms with van der Waals surface area (Å²) in [6.07, 6.45) is 0.